The van der Waals surface area contributed by atoms with Crippen molar-refractivity contribution >= 4 is 40.5 Å². The minimum atomic E-state index is 0.115. The molecule has 11 heteroatoms. The first-order valence-electron chi connectivity index (χ1n) is 13.6. The van der Waals surface area contributed by atoms with Crippen LogP contribution in [-0.2, 0) is 13.2 Å². The van der Waals surface area contributed by atoms with E-state index in [1.54, 1.807) is 18.2 Å². The van der Waals surface area contributed by atoms with E-state index in [4.69, 9.17) is 47.1 Å². The van der Waals surface area contributed by atoms with Gasteiger partial charge in [0.25, 0.3) is 0 Å². The van der Waals surface area contributed by atoms with Crippen molar-refractivity contribution in [1.82, 2.24) is 15.6 Å². The van der Waals surface area contributed by atoms with Gasteiger partial charge in [-0.3, -0.25) is 4.79 Å². The van der Waals surface area contributed by atoms with E-state index in [0.717, 1.165) is 41.0 Å². The number of aromatic nitrogens is 2. The van der Waals surface area contributed by atoms with Crippen LogP contribution in [-0.4, -0.2) is 48.0 Å². The van der Waals surface area contributed by atoms with Crippen LogP contribution in [0.3, 0.4) is 0 Å². The number of aliphatic hydroxyl groups is 1. The number of nitrogens with one attached hydrogen (secondary N) is 1. The Kier molecular flexibility index (Phi) is 10.5. The number of carbonyl (C=O) groups excluding carboxylic acids is 1. The average molecular weight is 623 g/mol. The van der Waals surface area contributed by atoms with Gasteiger partial charge in [0.1, 0.15) is 41.5 Å². The average Bonchev–Trinajstić information content (AvgIpc) is 3.50. The van der Waals surface area contributed by atoms with E-state index in [9.17, 15) is 4.79 Å². The summed E-state index contributed by atoms with van der Waals surface area (Å²) in [6.45, 7) is 2.32. The summed E-state index contributed by atoms with van der Waals surface area (Å²) in [6, 6.07) is 22.0. The molecule has 0 saturated heterocycles. The summed E-state index contributed by atoms with van der Waals surface area (Å²) < 4.78 is 22.7. The second kappa shape index (κ2) is 14.8. The Labute approximate surface area is 258 Å². The summed E-state index contributed by atoms with van der Waals surface area (Å²) >= 11 is 13.3. The second-order valence-electron chi connectivity index (χ2n) is 9.59. The van der Waals surface area contributed by atoms with Crippen molar-refractivity contribution < 1.29 is 28.7 Å². The number of hydrogen-bond acceptors (Lipinski definition) is 9. The van der Waals surface area contributed by atoms with Crippen molar-refractivity contribution in [2.75, 3.05) is 26.3 Å². The van der Waals surface area contributed by atoms with Crippen molar-refractivity contribution in [3.8, 4) is 28.4 Å². The molecule has 5 aromatic rings. The number of nitrogens with zero attached hydrogens (tertiary/aromatic N) is 2. The van der Waals surface area contributed by atoms with E-state index >= 15 is 0 Å². The molecule has 1 heterocycles. The Balaban J connectivity index is 1.26. The van der Waals surface area contributed by atoms with Gasteiger partial charge < -0.3 is 24.6 Å². The Morgan fingerprint density at radius 2 is 1.70 bits per heavy atom. The van der Waals surface area contributed by atoms with E-state index in [2.05, 4.69) is 15.6 Å². The van der Waals surface area contributed by atoms with Gasteiger partial charge in [-0.15, -0.1) is 0 Å². The van der Waals surface area contributed by atoms with Crippen molar-refractivity contribution in [2.24, 2.45) is 0 Å². The van der Waals surface area contributed by atoms with Crippen LogP contribution < -0.4 is 19.5 Å². The van der Waals surface area contributed by atoms with Gasteiger partial charge in [0, 0.05) is 23.7 Å². The zero-order chi connectivity index (χ0) is 30.0. The van der Waals surface area contributed by atoms with Crippen molar-refractivity contribution in [1.29, 1.82) is 0 Å². The highest BCUT2D eigenvalue weighted by molar-refractivity contribution is 6.34. The molecule has 0 aliphatic rings. The minimum absolute atomic E-state index is 0.115. The van der Waals surface area contributed by atoms with Crippen LogP contribution in [0.15, 0.2) is 77.4 Å². The molecule has 0 atom stereocenters. The highest BCUT2D eigenvalue weighted by Crippen LogP contribution is 2.36. The van der Waals surface area contributed by atoms with Gasteiger partial charge in [-0.25, -0.2) is 4.63 Å². The molecule has 0 amide bonds. The number of fused-ring (bicyclic) bond motifs is 1. The molecule has 0 saturated carbocycles. The third kappa shape index (κ3) is 7.82. The molecule has 222 valence electrons. The number of aliphatic hydroxyl groups excluding tert-OH is 1. The first-order chi connectivity index (χ1) is 21.1. The molecule has 0 spiro atoms. The van der Waals surface area contributed by atoms with Gasteiger partial charge in [0.05, 0.1) is 28.8 Å². The summed E-state index contributed by atoms with van der Waals surface area (Å²) in [5.74, 6) is 1.42. The third-order valence-corrected chi connectivity index (χ3v) is 7.31. The monoisotopic (exact) mass is 621 g/mol. The summed E-state index contributed by atoms with van der Waals surface area (Å²) in [5, 5.41) is 20.4. The Bertz CT molecular complexity index is 1690. The zero-order valence-corrected chi connectivity index (χ0v) is 24.6. The lowest BCUT2D eigenvalue weighted by atomic mass is 10.0. The highest BCUT2D eigenvalue weighted by Gasteiger charge is 2.14. The predicted molar refractivity (Wildman–Crippen MR) is 164 cm³/mol. The Hall–Kier alpha value is -4.15. The number of halogens is 2. The molecule has 2 N–H and O–H groups in total. The number of hydrogen-bond donors (Lipinski definition) is 2. The summed E-state index contributed by atoms with van der Waals surface area (Å²) in [4.78, 5) is 11.7. The summed E-state index contributed by atoms with van der Waals surface area (Å²) in [5.41, 5.74) is 4.87. The van der Waals surface area contributed by atoms with Crippen LogP contribution in [0.4, 0.5) is 0 Å². The fraction of sp³-hybridized carbons (Fsp3) is 0.219. The molecule has 5 rings (SSSR count). The maximum absolute atomic E-state index is 11.7. The number of carbonyl (C=O) groups is 1. The van der Waals surface area contributed by atoms with Gasteiger partial charge in [-0.05, 0) is 64.7 Å². The standard InChI is InChI=1S/C32H29Cl2N3O6/c33-27-16-24(18-39)30(41-19-21-8-9-28-29(14-21)37-43-36-28)17-31(27)42-20-23-5-2-7-26(32(23)34)22-4-1-6-25(15-22)40-13-3-10-35-11-12-38/h1-2,4-9,14-18,35,38H,3,10-13,19-20H2. The topological polar surface area (TPSA) is 116 Å². The number of aldehydes is 1. The number of benzene rings is 4. The quantitative estimate of drug-likeness (QED) is 0.0995. The zero-order valence-electron chi connectivity index (χ0n) is 23.1. The smallest absolute Gasteiger partial charge is 0.153 e. The van der Waals surface area contributed by atoms with Gasteiger partial charge in [0.15, 0.2) is 6.29 Å². The van der Waals surface area contributed by atoms with Crippen LogP contribution in [0.25, 0.3) is 22.2 Å². The summed E-state index contributed by atoms with van der Waals surface area (Å²) in [6.07, 6.45) is 1.50. The van der Waals surface area contributed by atoms with E-state index < -0.39 is 0 Å². The fourth-order valence-corrected chi connectivity index (χ4v) is 4.89. The molecule has 0 aliphatic heterocycles. The van der Waals surface area contributed by atoms with Crippen LogP contribution in [0.1, 0.15) is 27.9 Å². The number of rotatable bonds is 15. The van der Waals surface area contributed by atoms with Crippen LogP contribution in [0.5, 0.6) is 17.2 Å². The molecule has 0 unspecified atom stereocenters. The molecule has 0 bridgehead atoms. The lowest BCUT2D eigenvalue weighted by Gasteiger charge is -2.15. The fourth-order valence-electron chi connectivity index (χ4n) is 4.37. The first kappa shape index (κ1) is 30.3. The van der Waals surface area contributed by atoms with Crippen molar-refractivity contribution in [3.05, 3.63) is 99.5 Å². The maximum Gasteiger partial charge on any atom is 0.153 e. The molecule has 0 fully saturated rings. The normalized spacial score (nSPS) is 11.0. The van der Waals surface area contributed by atoms with Gasteiger partial charge in [0.2, 0.25) is 0 Å². The molecule has 9 nitrogen and oxygen atoms in total. The van der Waals surface area contributed by atoms with Gasteiger partial charge in [-0.1, -0.05) is 59.6 Å². The first-order valence-corrected chi connectivity index (χ1v) is 14.4. The van der Waals surface area contributed by atoms with Crippen LogP contribution >= 0.6 is 23.2 Å². The van der Waals surface area contributed by atoms with Crippen molar-refractivity contribution in [2.45, 2.75) is 19.6 Å². The highest BCUT2D eigenvalue weighted by atomic mass is 35.5. The third-order valence-electron chi connectivity index (χ3n) is 6.57. The van der Waals surface area contributed by atoms with E-state index in [1.807, 2.05) is 48.5 Å². The Morgan fingerprint density at radius 3 is 2.56 bits per heavy atom. The molecule has 0 aliphatic carbocycles. The lowest BCUT2D eigenvalue weighted by molar-refractivity contribution is 0.111. The van der Waals surface area contributed by atoms with Crippen molar-refractivity contribution in [3.63, 3.8) is 0 Å². The summed E-state index contributed by atoms with van der Waals surface area (Å²) in [7, 11) is 0. The molecular weight excluding hydrogens is 593 g/mol. The number of ether oxygens (including phenoxy) is 3. The maximum atomic E-state index is 11.7. The van der Waals surface area contributed by atoms with E-state index in [0.29, 0.717) is 52.6 Å². The van der Waals surface area contributed by atoms with Gasteiger partial charge >= 0.3 is 0 Å². The SMILES string of the molecule is O=Cc1cc(Cl)c(OCc2cccc(-c3cccc(OCCCNCCO)c3)c2Cl)cc1OCc1ccc2nonc2c1. The molecule has 1 aromatic heterocycles. The Morgan fingerprint density at radius 1 is 0.860 bits per heavy atom. The molecule has 0 radical (unpaired) electrons. The molecular formula is C32H29Cl2N3O6. The van der Waals surface area contributed by atoms with Crippen LogP contribution in [0.2, 0.25) is 10.0 Å². The lowest BCUT2D eigenvalue weighted by Crippen LogP contribution is -2.20. The molecule has 4 aromatic carbocycles. The van der Waals surface area contributed by atoms with E-state index in [1.165, 1.54) is 6.07 Å². The minimum Gasteiger partial charge on any atom is -0.494 e. The largest absolute Gasteiger partial charge is 0.494 e. The van der Waals surface area contributed by atoms with Crippen LogP contribution in [0, 0.1) is 0 Å². The van der Waals surface area contributed by atoms with E-state index in [-0.39, 0.29) is 24.8 Å². The molecule has 43 heavy (non-hydrogen) atoms. The van der Waals surface area contributed by atoms with Gasteiger partial charge in [-0.2, -0.15) is 0 Å². The predicted octanol–water partition coefficient (Wildman–Crippen LogP) is 6.52. The second-order valence-corrected chi connectivity index (χ2v) is 10.4.